The SMILES string of the molecule is CCCNC(=O)c1cncc(N2CCN(CC)CC2)c1. The molecule has 2 heterocycles. The van der Waals surface area contributed by atoms with Crippen molar-refractivity contribution in [3.63, 3.8) is 0 Å². The van der Waals surface area contributed by atoms with Crippen molar-refractivity contribution >= 4 is 11.6 Å². The molecular formula is C15H24N4O. The van der Waals surface area contributed by atoms with Gasteiger partial charge in [0.05, 0.1) is 17.4 Å². The molecule has 1 aromatic heterocycles. The van der Waals surface area contributed by atoms with Gasteiger partial charge in [0.25, 0.3) is 5.91 Å². The highest BCUT2D eigenvalue weighted by atomic mass is 16.1. The van der Waals surface area contributed by atoms with Crippen LogP contribution in [-0.2, 0) is 0 Å². The summed E-state index contributed by atoms with van der Waals surface area (Å²) >= 11 is 0. The van der Waals surface area contributed by atoms with Gasteiger partial charge in [-0.15, -0.1) is 0 Å². The summed E-state index contributed by atoms with van der Waals surface area (Å²) < 4.78 is 0. The topological polar surface area (TPSA) is 48.5 Å². The van der Waals surface area contributed by atoms with Gasteiger partial charge in [-0.3, -0.25) is 9.78 Å². The lowest BCUT2D eigenvalue weighted by atomic mass is 10.2. The largest absolute Gasteiger partial charge is 0.368 e. The molecule has 1 amide bonds. The van der Waals surface area contributed by atoms with Crippen LogP contribution in [-0.4, -0.2) is 55.1 Å². The Labute approximate surface area is 121 Å². The normalized spacial score (nSPS) is 16.2. The monoisotopic (exact) mass is 276 g/mol. The second kappa shape index (κ2) is 7.24. The van der Waals surface area contributed by atoms with Crippen molar-refractivity contribution in [1.82, 2.24) is 15.2 Å². The Hall–Kier alpha value is -1.62. The Bertz CT molecular complexity index is 441. The molecule has 5 heteroatoms. The van der Waals surface area contributed by atoms with E-state index in [4.69, 9.17) is 0 Å². The van der Waals surface area contributed by atoms with Crippen LogP contribution in [0.2, 0.25) is 0 Å². The molecule has 2 rings (SSSR count). The molecule has 0 spiro atoms. The van der Waals surface area contributed by atoms with E-state index in [1.54, 1.807) is 6.20 Å². The molecule has 1 fully saturated rings. The Morgan fingerprint density at radius 1 is 1.25 bits per heavy atom. The number of likely N-dealkylation sites (N-methyl/N-ethyl adjacent to an activating group) is 1. The van der Waals surface area contributed by atoms with Crippen LogP contribution in [0, 0.1) is 0 Å². The van der Waals surface area contributed by atoms with Crippen LogP contribution in [0.25, 0.3) is 0 Å². The van der Waals surface area contributed by atoms with Crippen molar-refractivity contribution in [2.75, 3.05) is 44.2 Å². The minimum atomic E-state index is -0.0339. The van der Waals surface area contributed by atoms with Crippen molar-refractivity contribution < 1.29 is 4.79 Å². The van der Waals surface area contributed by atoms with E-state index in [9.17, 15) is 4.79 Å². The lowest BCUT2D eigenvalue weighted by molar-refractivity contribution is 0.0953. The molecule has 1 aromatic rings. The average Bonchev–Trinajstić information content (AvgIpc) is 2.52. The predicted octanol–water partition coefficient (Wildman–Crippen LogP) is 1.36. The second-order valence-corrected chi connectivity index (χ2v) is 5.11. The van der Waals surface area contributed by atoms with Crippen LogP contribution in [0.15, 0.2) is 18.5 Å². The summed E-state index contributed by atoms with van der Waals surface area (Å²) in [7, 11) is 0. The number of aromatic nitrogens is 1. The summed E-state index contributed by atoms with van der Waals surface area (Å²) in [6.45, 7) is 10.2. The third kappa shape index (κ3) is 3.70. The highest BCUT2D eigenvalue weighted by Gasteiger charge is 2.17. The van der Waals surface area contributed by atoms with Gasteiger partial charge in [0.15, 0.2) is 0 Å². The average molecular weight is 276 g/mol. The number of pyridine rings is 1. The fourth-order valence-corrected chi connectivity index (χ4v) is 2.39. The molecule has 110 valence electrons. The van der Waals surface area contributed by atoms with Gasteiger partial charge < -0.3 is 15.1 Å². The van der Waals surface area contributed by atoms with Crippen molar-refractivity contribution in [3.05, 3.63) is 24.0 Å². The summed E-state index contributed by atoms with van der Waals surface area (Å²) in [5, 5.41) is 2.89. The van der Waals surface area contributed by atoms with E-state index in [1.807, 2.05) is 19.2 Å². The summed E-state index contributed by atoms with van der Waals surface area (Å²) in [6, 6.07) is 1.94. The predicted molar refractivity (Wildman–Crippen MR) is 81.2 cm³/mol. The van der Waals surface area contributed by atoms with Gasteiger partial charge in [0.1, 0.15) is 0 Å². The van der Waals surface area contributed by atoms with Gasteiger partial charge in [0, 0.05) is 38.9 Å². The van der Waals surface area contributed by atoms with Crippen molar-refractivity contribution in [2.24, 2.45) is 0 Å². The Morgan fingerprint density at radius 3 is 2.65 bits per heavy atom. The lowest BCUT2D eigenvalue weighted by Crippen LogP contribution is -2.46. The van der Waals surface area contributed by atoms with Gasteiger partial charge >= 0.3 is 0 Å². The highest BCUT2D eigenvalue weighted by molar-refractivity contribution is 5.94. The van der Waals surface area contributed by atoms with Gasteiger partial charge in [-0.25, -0.2) is 0 Å². The molecule has 1 aliphatic rings. The van der Waals surface area contributed by atoms with Crippen LogP contribution < -0.4 is 10.2 Å². The number of nitrogens with one attached hydrogen (secondary N) is 1. The Balaban J connectivity index is 2.01. The van der Waals surface area contributed by atoms with Crippen molar-refractivity contribution in [3.8, 4) is 0 Å². The zero-order chi connectivity index (χ0) is 14.4. The third-order valence-electron chi connectivity index (χ3n) is 3.71. The van der Waals surface area contributed by atoms with Crippen LogP contribution in [0.4, 0.5) is 5.69 Å². The Kier molecular flexibility index (Phi) is 5.35. The van der Waals surface area contributed by atoms with E-state index in [1.165, 1.54) is 0 Å². The first kappa shape index (κ1) is 14.8. The number of anilines is 1. The molecule has 0 unspecified atom stereocenters. The van der Waals surface area contributed by atoms with E-state index in [-0.39, 0.29) is 5.91 Å². The maximum absolute atomic E-state index is 12.0. The number of piperazine rings is 1. The number of amides is 1. The lowest BCUT2D eigenvalue weighted by Gasteiger charge is -2.35. The molecule has 1 saturated heterocycles. The summed E-state index contributed by atoms with van der Waals surface area (Å²) in [5.41, 5.74) is 1.69. The smallest absolute Gasteiger partial charge is 0.252 e. The molecule has 20 heavy (non-hydrogen) atoms. The van der Waals surface area contributed by atoms with E-state index >= 15 is 0 Å². The first-order valence-corrected chi connectivity index (χ1v) is 7.45. The van der Waals surface area contributed by atoms with Crippen LogP contribution in [0.5, 0.6) is 0 Å². The molecule has 1 N–H and O–H groups in total. The summed E-state index contributed by atoms with van der Waals surface area (Å²) in [5.74, 6) is -0.0339. The van der Waals surface area contributed by atoms with E-state index < -0.39 is 0 Å². The van der Waals surface area contributed by atoms with Crippen LogP contribution in [0.1, 0.15) is 30.6 Å². The van der Waals surface area contributed by atoms with Gasteiger partial charge in [-0.2, -0.15) is 0 Å². The summed E-state index contributed by atoms with van der Waals surface area (Å²) in [4.78, 5) is 20.9. The fraction of sp³-hybridized carbons (Fsp3) is 0.600. The standard InChI is InChI=1S/C15H24N4O/c1-3-5-17-15(20)13-10-14(12-16-11-13)19-8-6-18(4-2)7-9-19/h10-12H,3-9H2,1-2H3,(H,17,20). The minimum Gasteiger partial charge on any atom is -0.368 e. The Morgan fingerprint density at radius 2 is 2.00 bits per heavy atom. The van der Waals surface area contributed by atoms with Crippen LogP contribution in [0.3, 0.4) is 0 Å². The first-order chi connectivity index (χ1) is 9.74. The minimum absolute atomic E-state index is 0.0339. The molecule has 0 saturated carbocycles. The maximum atomic E-state index is 12.0. The number of hydrogen-bond donors (Lipinski definition) is 1. The second-order valence-electron chi connectivity index (χ2n) is 5.11. The summed E-state index contributed by atoms with van der Waals surface area (Å²) in [6.07, 6.45) is 4.42. The van der Waals surface area contributed by atoms with E-state index in [0.717, 1.165) is 44.8 Å². The third-order valence-corrected chi connectivity index (χ3v) is 3.71. The first-order valence-electron chi connectivity index (χ1n) is 7.45. The highest BCUT2D eigenvalue weighted by Crippen LogP contribution is 2.16. The molecule has 0 atom stereocenters. The molecule has 0 aromatic carbocycles. The van der Waals surface area contributed by atoms with E-state index in [2.05, 4.69) is 27.0 Å². The number of hydrogen-bond acceptors (Lipinski definition) is 4. The quantitative estimate of drug-likeness (QED) is 0.882. The zero-order valence-electron chi connectivity index (χ0n) is 12.4. The molecule has 5 nitrogen and oxygen atoms in total. The number of rotatable bonds is 5. The van der Waals surface area contributed by atoms with Gasteiger partial charge in [0.2, 0.25) is 0 Å². The maximum Gasteiger partial charge on any atom is 0.252 e. The van der Waals surface area contributed by atoms with Crippen molar-refractivity contribution in [2.45, 2.75) is 20.3 Å². The molecule has 1 aliphatic heterocycles. The molecule has 0 bridgehead atoms. The number of nitrogens with zero attached hydrogens (tertiary/aromatic N) is 3. The van der Waals surface area contributed by atoms with Crippen LogP contribution >= 0.6 is 0 Å². The van der Waals surface area contributed by atoms with Gasteiger partial charge in [-0.05, 0) is 19.0 Å². The van der Waals surface area contributed by atoms with E-state index in [0.29, 0.717) is 12.1 Å². The number of carbonyl (C=O) groups is 1. The molecule has 0 radical (unpaired) electrons. The van der Waals surface area contributed by atoms with Gasteiger partial charge in [-0.1, -0.05) is 13.8 Å². The van der Waals surface area contributed by atoms with Crippen molar-refractivity contribution in [1.29, 1.82) is 0 Å². The molecule has 0 aliphatic carbocycles. The number of carbonyl (C=O) groups excluding carboxylic acids is 1. The fourth-order valence-electron chi connectivity index (χ4n) is 2.39. The molecular weight excluding hydrogens is 252 g/mol. The zero-order valence-corrected chi connectivity index (χ0v) is 12.4.